The Kier molecular flexibility index (Phi) is 6.17. The highest BCUT2D eigenvalue weighted by atomic mass is 32.1. The highest BCUT2D eigenvalue weighted by molar-refractivity contribution is 7.15. The minimum absolute atomic E-state index is 0.435. The summed E-state index contributed by atoms with van der Waals surface area (Å²) in [5.41, 5.74) is 0.964. The Hall–Kier alpha value is -2.93. The first kappa shape index (κ1) is 20.8. The lowest BCUT2D eigenvalue weighted by Gasteiger charge is -2.21. The molecule has 0 fully saturated rings. The number of hydrogen-bond acceptors (Lipinski definition) is 6. The van der Waals surface area contributed by atoms with Crippen molar-refractivity contribution in [3.63, 3.8) is 0 Å². The molecule has 0 aliphatic carbocycles. The van der Waals surface area contributed by atoms with Crippen LogP contribution in [0.5, 0.6) is 11.5 Å². The van der Waals surface area contributed by atoms with Gasteiger partial charge in [0, 0.05) is 17.3 Å². The third kappa shape index (κ3) is 5.12. The van der Waals surface area contributed by atoms with Crippen molar-refractivity contribution >= 4 is 17.3 Å². The van der Waals surface area contributed by atoms with Gasteiger partial charge in [-0.1, -0.05) is 6.92 Å². The summed E-state index contributed by atoms with van der Waals surface area (Å²) < 4.78 is 11.4. The molecule has 0 atom stereocenters. The lowest BCUT2D eigenvalue weighted by Crippen LogP contribution is -2.37. The molecule has 1 aromatic carbocycles. The number of aliphatic carboxylic acids is 1. The Bertz CT molecular complexity index is 979. The van der Waals surface area contributed by atoms with Crippen molar-refractivity contribution in [2.75, 3.05) is 0 Å². The smallest absolute Gasteiger partial charge is 0.347 e. The van der Waals surface area contributed by atoms with Crippen molar-refractivity contribution in [2.24, 2.45) is 0 Å². The van der Waals surface area contributed by atoms with Crippen LogP contribution in [0.1, 0.15) is 36.8 Å². The van der Waals surface area contributed by atoms with Crippen LogP contribution >= 0.6 is 11.3 Å². The van der Waals surface area contributed by atoms with Gasteiger partial charge in [-0.05, 0) is 68.7 Å². The summed E-state index contributed by atoms with van der Waals surface area (Å²) in [6.07, 6.45) is 4.64. The zero-order valence-corrected chi connectivity index (χ0v) is 17.7. The van der Waals surface area contributed by atoms with Crippen molar-refractivity contribution in [3.05, 3.63) is 58.7 Å². The average Bonchev–Trinajstić information content (AvgIpc) is 3.08. The van der Waals surface area contributed by atoms with Crippen molar-refractivity contribution in [3.8, 4) is 22.2 Å². The Morgan fingerprint density at radius 1 is 1.14 bits per heavy atom. The second kappa shape index (κ2) is 8.61. The van der Waals surface area contributed by atoms with E-state index in [1.165, 1.54) is 13.8 Å². The molecule has 0 amide bonds. The minimum Gasteiger partial charge on any atom is -0.488 e. The Labute approximate surface area is 174 Å². The normalized spacial score (nSPS) is 11.3. The van der Waals surface area contributed by atoms with Gasteiger partial charge < -0.3 is 14.6 Å². The van der Waals surface area contributed by atoms with Crippen molar-refractivity contribution in [2.45, 2.75) is 46.3 Å². The first-order valence-corrected chi connectivity index (χ1v) is 10.2. The average molecular weight is 413 g/mol. The number of carboxylic acid groups (broad SMARTS) is 1. The lowest BCUT2D eigenvalue weighted by molar-refractivity contribution is -0.152. The fourth-order valence-electron chi connectivity index (χ4n) is 2.53. The van der Waals surface area contributed by atoms with Gasteiger partial charge >= 0.3 is 5.97 Å². The van der Waals surface area contributed by atoms with Crippen molar-refractivity contribution < 1.29 is 19.4 Å². The van der Waals surface area contributed by atoms with E-state index >= 15 is 0 Å². The van der Waals surface area contributed by atoms with E-state index in [0.29, 0.717) is 18.1 Å². The van der Waals surface area contributed by atoms with Crippen molar-refractivity contribution in [1.82, 2.24) is 9.97 Å². The van der Waals surface area contributed by atoms with E-state index in [9.17, 15) is 4.79 Å². The monoisotopic (exact) mass is 412 g/mol. The topological polar surface area (TPSA) is 81.5 Å². The van der Waals surface area contributed by atoms with Gasteiger partial charge in [0.05, 0.1) is 4.88 Å². The van der Waals surface area contributed by atoms with Gasteiger partial charge in [-0.3, -0.25) is 0 Å². The van der Waals surface area contributed by atoms with E-state index in [2.05, 4.69) is 23.0 Å². The van der Waals surface area contributed by atoms with E-state index in [0.717, 1.165) is 33.1 Å². The second-order valence-corrected chi connectivity index (χ2v) is 8.30. The molecule has 29 heavy (non-hydrogen) atoms. The summed E-state index contributed by atoms with van der Waals surface area (Å²) in [7, 11) is 0. The minimum atomic E-state index is -1.29. The van der Waals surface area contributed by atoms with Gasteiger partial charge in [-0.2, -0.15) is 0 Å². The van der Waals surface area contributed by atoms with Gasteiger partial charge in [0.1, 0.15) is 18.1 Å². The molecule has 152 valence electrons. The molecule has 0 spiro atoms. The molecule has 0 aliphatic heterocycles. The van der Waals surface area contributed by atoms with Crippen LogP contribution in [0.4, 0.5) is 0 Å². The van der Waals surface area contributed by atoms with Crippen LogP contribution in [0.15, 0.2) is 42.7 Å². The number of carboxylic acids is 1. The Morgan fingerprint density at radius 3 is 2.34 bits per heavy atom. The fraction of sp³-hybridized carbons (Fsp3) is 0.318. The zero-order valence-electron chi connectivity index (χ0n) is 16.9. The van der Waals surface area contributed by atoms with Crippen molar-refractivity contribution in [1.29, 1.82) is 0 Å². The summed E-state index contributed by atoms with van der Waals surface area (Å²) in [6, 6.07) is 9.02. The molecule has 7 heteroatoms. The molecular weight excluding hydrogens is 388 g/mol. The molecule has 0 unspecified atom stereocenters. The maximum Gasteiger partial charge on any atom is 0.347 e. The summed E-state index contributed by atoms with van der Waals surface area (Å²) in [4.78, 5) is 22.2. The largest absolute Gasteiger partial charge is 0.488 e. The maximum absolute atomic E-state index is 11.2. The number of thiophene rings is 1. The molecule has 2 heterocycles. The number of aryl methyl sites for hydroxylation is 2. The number of aromatic nitrogens is 2. The predicted octanol–water partition coefficient (Wildman–Crippen LogP) is 4.90. The summed E-state index contributed by atoms with van der Waals surface area (Å²) in [6.45, 7) is 7.58. The van der Waals surface area contributed by atoms with Crippen LogP contribution in [-0.4, -0.2) is 26.6 Å². The van der Waals surface area contributed by atoms with Crippen LogP contribution in [-0.2, 0) is 17.8 Å². The highest BCUT2D eigenvalue weighted by Crippen LogP contribution is 2.30. The van der Waals surface area contributed by atoms with E-state index in [1.54, 1.807) is 35.6 Å². The molecule has 2 aromatic heterocycles. The third-order valence-corrected chi connectivity index (χ3v) is 5.64. The van der Waals surface area contributed by atoms with Gasteiger partial charge in [0.15, 0.2) is 11.4 Å². The number of nitrogens with zero attached hydrogens (tertiary/aromatic N) is 2. The van der Waals surface area contributed by atoms with E-state index < -0.39 is 11.6 Å². The molecule has 0 bridgehead atoms. The summed E-state index contributed by atoms with van der Waals surface area (Å²) in [5, 5.41) is 9.15. The molecule has 3 aromatic rings. The first-order valence-electron chi connectivity index (χ1n) is 9.34. The molecule has 0 saturated heterocycles. The van der Waals surface area contributed by atoms with Crippen LogP contribution in [0.3, 0.4) is 0 Å². The number of benzene rings is 1. The van der Waals surface area contributed by atoms with Gasteiger partial charge in [-0.25, -0.2) is 14.8 Å². The molecule has 3 rings (SSSR count). The number of rotatable bonds is 8. The maximum atomic E-state index is 11.2. The van der Waals surface area contributed by atoms with Gasteiger partial charge in [-0.15, -0.1) is 11.3 Å². The lowest BCUT2D eigenvalue weighted by atomic mass is 10.1. The Morgan fingerprint density at radius 2 is 1.76 bits per heavy atom. The number of ether oxygens (including phenoxy) is 2. The number of carbonyl (C=O) groups is 1. The SMILES string of the molecule is CCc1cnc(-c2cc(C)c(COc3ccc(OC(C)(C)C(=O)O)cc3)s2)nc1. The van der Waals surface area contributed by atoms with Crippen LogP contribution < -0.4 is 9.47 Å². The molecule has 1 N–H and O–H groups in total. The molecule has 0 radical (unpaired) electrons. The van der Waals surface area contributed by atoms with E-state index in [4.69, 9.17) is 14.6 Å². The summed E-state index contributed by atoms with van der Waals surface area (Å²) >= 11 is 1.62. The molecule has 6 nitrogen and oxygen atoms in total. The molecular formula is C22H24N2O4S. The first-order chi connectivity index (χ1) is 13.8. The quantitative estimate of drug-likeness (QED) is 0.567. The standard InChI is InChI=1S/C22H24N2O4S/c1-5-15-11-23-20(24-12-15)18-10-14(2)19(29-18)13-27-16-6-8-17(9-7-16)28-22(3,4)21(25)26/h6-12H,5,13H2,1-4H3,(H,25,26). The Balaban J connectivity index is 1.64. The van der Waals surface area contributed by atoms with E-state index in [1.807, 2.05) is 19.3 Å². The molecule has 0 saturated carbocycles. The van der Waals surface area contributed by atoms with Crippen LogP contribution in [0.25, 0.3) is 10.7 Å². The zero-order chi connectivity index (χ0) is 21.0. The third-order valence-electron chi connectivity index (χ3n) is 4.44. The molecule has 0 aliphatic rings. The highest BCUT2D eigenvalue weighted by Gasteiger charge is 2.29. The van der Waals surface area contributed by atoms with Crippen LogP contribution in [0.2, 0.25) is 0 Å². The predicted molar refractivity (Wildman–Crippen MR) is 113 cm³/mol. The van der Waals surface area contributed by atoms with Gasteiger partial charge in [0.25, 0.3) is 0 Å². The van der Waals surface area contributed by atoms with Crippen LogP contribution in [0, 0.1) is 6.92 Å². The van der Waals surface area contributed by atoms with Gasteiger partial charge in [0.2, 0.25) is 0 Å². The second-order valence-electron chi connectivity index (χ2n) is 7.16. The fourth-order valence-corrected chi connectivity index (χ4v) is 3.56. The number of hydrogen-bond donors (Lipinski definition) is 1. The summed E-state index contributed by atoms with van der Waals surface area (Å²) in [5.74, 6) is 0.870. The van der Waals surface area contributed by atoms with E-state index in [-0.39, 0.29) is 0 Å².